The number of hydrogen-bond donors (Lipinski definition) is 0. The van der Waals surface area contributed by atoms with E-state index in [0.717, 1.165) is 12.8 Å². The second-order valence-electron chi connectivity index (χ2n) is 3.05. The monoisotopic (exact) mass is 166 g/mol. The molecule has 1 aliphatic carbocycles. The molecule has 1 aromatic heterocycles. The van der Waals surface area contributed by atoms with E-state index >= 15 is 0 Å². The summed E-state index contributed by atoms with van der Waals surface area (Å²) in [5, 5.41) is 3.89. The quantitative estimate of drug-likeness (QED) is 0.608. The van der Waals surface area contributed by atoms with Gasteiger partial charge in [0.1, 0.15) is 0 Å². The highest BCUT2D eigenvalue weighted by Gasteiger charge is 2.31. The van der Waals surface area contributed by atoms with E-state index in [1.807, 2.05) is 0 Å². The van der Waals surface area contributed by atoms with Crippen LogP contribution in [-0.2, 0) is 11.8 Å². The molecule has 0 atom stereocenters. The number of carbonyl (C=O) groups excluding carboxylic acids is 1. The summed E-state index contributed by atoms with van der Waals surface area (Å²) in [5.41, 5.74) is 0. The molecule has 0 amide bonds. The summed E-state index contributed by atoms with van der Waals surface area (Å²) in [6.45, 7) is 0. The molecule has 0 radical (unpaired) electrons. The van der Waals surface area contributed by atoms with E-state index in [9.17, 15) is 4.79 Å². The molecule has 1 saturated carbocycles. The Bertz CT molecular complexity index is 302. The highest BCUT2D eigenvalue weighted by Crippen LogP contribution is 2.30. The molecule has 0 N–H and O–H groups in total. The molecule has 1 aromatic rings. The van der Waals surface area contributed by atoms with Crippen molar-refractivity contribution in [1.82, 2.24) is 9.78 Å². The minimum Gasteiger partial charge on any atom is -0.423 e. The summed E-state index contributed by atoms with van der Waals surface area (Å²) in [7, 11) is 1.79. The van der Waals surface area contributed by atoms with Gasteiger partial charge in [0.2, 0.25) is 0 Å². The van der Waals surface area contributed by atoms with Gasteiger partial charge in [-0.15, -0.1) is 0 Å². The summed E-state index contributed by atoms with van der Waals surface area (Å²) in [6.07, 6.45) is 5.17. The maximum Gasteiger partial charge on any atom is 0.314 e. The van der Waals surface area contributed by atoms with Gasteiger partial charge in [0.05, 0.1) is 18.3 Å². The van der Waals surface area contributed by atoms with Crippen molar-refractivity contribution in [2.45, 2.75) is 12.8 Å². The molecule has 0 aromatic carbocycles. The number of aromatic nitrogens is 2. The third-order valence-electron chi connectivity index (χ3n) is 1.81. The Morgan fingerprint density at radius 1 is 1.75 bits per heavy atom. The van der Waals surface area contributed by atoms with Crippen molar-refractivity contribution in [2.24, 2.45) is 13.0 Å². The largest absolute Gasteiger partial charge is 0.423 e. The standard InChI is InChI=1S/C8H10N2O2/c1-10-5-7(4-9-10)12-8(11)6-2-3-6/h4-6H,2-3H2,1H3. The number of hydrogen-bond acceptors (Lipinski definition) is 3. The Morgan fingerprint density at radius 2 is 2.50 bits per heavy atom. The molecule has 0 spiro atoms. The molecule has 1 heterocycles. The Hall–Kier alpha value is -1.32. The number of carbonyl (C=O) groups is 1. The summed E-state index contributed by atoms with van der Waals surface area (Å²) in [4.78, 5) is 11.1. The number of ether oxygens (including phenoxy) is 1. The minimum atomic E-state index is -0.122. The van der Waals surface area contributed by atoms with Gasteiger partial charge in [0, 0.05) is 7.05 Å². The van der Waals surface area contributed by atoms with Gasteiger partial charge in [-0.1, -0.05) is 0 Å². The normalized spacial score (nSPS) is 16.1. The van der Waals surface area contributed by atoms with Gasteiger partial charge in [0.15, 0.2) is 5.75 Å². The summed E-state index contributed by atoms with van der Waals surface area (Å²) < 4.78 is 6.64. The lowest BCUT2D eigenvalue weighted by molar-refractivity contribution is -0.135. The van der Waals surface area contributed by atoms with Crippen LogP contribution in [0.15, 0.2) is 12.4 Å². The van der Waals surface area contributed by atoms with Gasteiger partial charge in [-0.3, -0.25) is 9.48 Å². The van der Waals surface area contributed by atoms with Crippen molar-refractivity contribution in [3.05, 3.63) is 12.4 Å². The second kappa shape index (κ2) is 2.62. The number of aryl methyl sites for hydroxylation is 1. The van der Waals surface area contributed by atoms with Crippen LogP contribution < -0.4 is 4.74 Å². The number of nitrogens with zero attached hydrogens (tertiary/aromatic N) is 2. The maximum atomic E-state index is 11.1. The van der Waals surface area contributed by atoms with Crippen molar-refractivity contribution in [3.8, 4) is 5.75 Å². The average molecular weight is 166 g/mol. The summed E-state index contributed by atoms with van der Waals surface area (Å²) in [6, 6.07) is 0. The van der Waals surface area contributed by atoms with Crippen LogP contribution in [0.1, 0.15) is 12.8 Å². The zero-order chi connectivity index (χ0) is 8.55. The first-order valence-corrected chi connectivity index (χ1v) is 3.96. The first-order valence-electron chi connectivity index (χ1n) is 3.96. The maximum absolute atomic E-state index is 11.1. The second-order valence-corrected chi connectivity index (χ2v) is 3.05. The smallest absolute Gasteiger partial charge is 0.314 e. The molecule has 4 nitrogen and oxygen atoms in total. The number of rotatable bonds is 2. The van der Waals surface area contributed by atoms with Crippen molar-refractivity contribution >= 4 is 5.97 Å². The Labute approximate surface area is 70.1 Å². The molecular formula is C8H10N2O2. The number of esters is 1. The molecule has 4 heteroatoms. The van der Waals surface area contributed by atoms with Gasteiger partial charge < -0.3 is 4.74 Å². The third-order valence-corrected chi connectivity index (χ3v) is 1.81. The molecule has 1 aliphatic rings. The Morgan fingerprint density at radius 3 is 3.00 bits per heavy atom. The van der Waals surface area contributed by atoms with Crippen molar-refractivity contribution in [1.29, 1.82) is 0 Å². The van der Waals surface area contributed by atoms with Crippen LogP contribution in [0.2, 0.25) is 0 Å². The highest BCUT2D eigenvalue weighted by molar-refractivity contribution is 5.77. The lowest BCUT2D eigenvalue weighted by Gasteiger charge is -1.96. The predicted octanol–water partition coefficient (Wildman–Crippen LogP) is 0.735. The van der Waals surface area contributed by atoms with Crippen molar-refractivity contribution in [3.63, 3.8) is 0 Å². The van der Waals surface area contributed by atoms with Crippen molar-refractivity contribution in [2.75, 3.05) is 0 Å². The zero-order valence-corrected chi connectivity index (χ0v) is 6.86. The van der Waals surface area contributed by atoms with Gasteiger partial charge >= 0.3 is 5.97 Å². The van der Waals surface area contributed by atoms with E-state index in [1.165, 1.54) is 0 Å². The fourth-order valence-electron chi connectivity index (χ4n) is 0.970. The van der Waals surface area contributed by atoms with E-state index in [4.69, 9.17) is 4.74 Å². The third kappa shape index (κ3) is 1.47. The van der Waals surface area contributed by atoms with Crippen LogP contribution >= 0.6 is 0 Å². The van der Waals surface area contributed by atoms with Crippen LogP contribution in [0.5, 0.6) is 5.75 Å². The van der Waals surface area contributed by atoms with E-state index in [-0.39, 0.29) is 11.9 Å². The molecule has 0 unspecified atom stereocenters. The SMILES string of the molecule is Cn1cc(OC(=O)C2CC2)cn1. The fourth-order valence-corrected chi connectivity index (χ4v) is 0.970. The van der Waals surface area contributed by atoms with Crippen LogP contribution in [0, 0.1) is 5.92 Å². The molecule has 2 rings (SSSR count). The first kappa shape index (κ1) is 7.34. The van der Waals surface area contributed by atoms with E-state index < -0.39 is 0 Å². The highest BCUT2D eigenvalue weighted by atomic mass is 16.5. The van der Waals surface area contributed by atoms with E-state index in [2.05, 4.69) is 5.10 Å². The topological polar surface area (TPSA) is 44.1 Å². The van der Waals surface area contributed by atoms with Gasteiger partial charge in [-0.05, 0) is 12.8 Å². The summed E-state index contributed by atoms with van der Waals surface area (Å²) >= 11 is 0. The van der Waals surface area contributed by atoms with E-state index in [0.29, 0.717) is 5.75 Å². The minimum absolute atomic E-state index is 0.122. The molecule has 0 saturated heterocycles. The van der Waals surface area contributed by atoms with Crippen LogP contribution in [0.4, 0.5) is 0 Å². The molecule has 1 fully saturated rings. The zero-order valence-electron chi connectivity index (χ0n) is 6.86. The molecule has 12 heavy (non-hydrogen) atoms. The first-order chi connectivity index (χ1) is 5.75. The summed E-state index contributed by atoms with van der Waals surface area (Å²) in [5.74, 6) is 0.558. The van der Waals surface area contributed by atoms with Gasteiger partial charge in [-0.2, -0.15) is 5.10 Å². The molecule has 64 valence electrons. The van der Waals surface area contributed by atoms with Gasteiger partial charge in [0.25, 0.3) is 0 Å². The Balaban J connectivity index is 1.98. The van der Waals surface area contributed by atoms with Crippen LogP contribution in [0.3, 0.4) is 0 Å². The lowest BCUT2D eigenvalue weighted by Crippen LogP contribution is -2.09. The predicted molar refractivity (Wildman–Crippen MR) is 41.6 cm³/mol. The average Bonchev–Trinajstić information content (AvgIpc) is 2.78. The van der Waals surface area contributed by atoms with Crippen LogP contribution in [-0.4, -0.2) is 15.7 Å². The Kier molecular flexibility index (Phi) is 1.60. The van der Waals surface area contributed by atoms with E-state index in [1.54, 1.807) is 24.1 Å². The molecule has 0 bridgehead atoms. The van der Waals surface area contributed by atoms with Gasteiger partial charge in [-0.25, -0.2) is 0 Å². The fraction of sp³-hybridized carbons (Fsp3) is 0.500. The van der Waals surface area contributed by atoms with Crippen molar-refractivity contribution < 1.29 is 9.53 Å². The molecule has 0 aliphatic heterocycles. The lowest BCUT2D eigenvalue weighted by atomic mass is 10.4. The molecular weight excluding hydrogens is 156 g/mol. The van der Waals surface area contributed by atoms with Crippen LogP contribution in [0.25, 0.3) is 0 Å².